The van der Waals surface area contributed by atoms with E-state index >= 15 is 0 Å². The molecule has 2 nitrogen and oxygen atoms in total. The first-order valence-corrected chi connectivity index (χ1v) is 9.78. The predicted octanol–water partition coefficient (Wildman–Crippen LogP) is 5.44. The number of hydrogen-bond acceptors (Lipinski definition) is 2. The van der Waals surface area contributed by atoms with Gasteiger partial charge in [0.25, 0.3) is 0 Å². The van der Waals surface area contributed by atoms with Crippen LogP contribution in [0.5, 0.6) is 0 Å². The molecule has 2 N–H and O–H groups in total. The summed E-state index contributed by atoms with van der Waals surface area (Å²) in [5.74, 6) is 0. The first kappa shape index (κ1) is 19.7. The molecule has 0 heterocycles. The van der Waals surface area contributed by atoms with Gasteiger partial charge < -0.3 is 0 Å². The van der Waals surface area contributed by atoms with Gasteiger partial charge in [-0.3, -0.25) is 10.6 Å². The highest BCUT2D eigenvalue weighted by molar-refractivity contribution is 5.38. The third kappa shape index (κ3) is 5.17. The predicted molar refractivity (Wildman–Crippen MR) is 109 cm³/mol. The van der Waals surface area contributed by atoms with Crippen molar-refractivity contribution in [2.75, 3.05) is 0 Å². The molecule has 0 aliphatic rings. The molecule has 0 aromatic heterocycles. The van der Waals surface area contributed by atoms with E-state index in [9.17, 15) is 0 Å². The van der Waals surface area contributed by atoms with Gasteiger partial charge in [0.2, 0.25) is 0 Å². The Morgan fingerprint density at radius 3 is 1.36 bits per heavy atom. The molecular weight excluding hydrogens is 304 g/mol. The number of rotatable bonds is 10. The van der Waals surface area contributed by atoms with E-state index in [0.717, 1.165) is 12.8 Å². The zero-order valence-corrected chi connectivity index (χ0v) is 16.3. The van der Waals surface area contributed by atoms with Gasteiger partial charge in [-0.1, -0.05) is 87.4 Å². The van der Waals surface area contributed by atoms with Gasteiger partial charge in [0.1, 0.15) is 5.66 Å². The van der Waals surface area contributed by atoms with Gasteiger partial charge in [0, 0.05) is 12.1 Å². The van der Waals surface area contributed by atoms with Gasteiger partial charge in [-0.15, -0.1) is 0 Å². The summed E-state index contributed by atoms with van der Waals surface area (Å²) in [6.45, 7) is 9.07. The van der Waals surface area contributed by atoms with Gasteiger partial charge >= 0.3 is 0 Å². The average Bonchev–Trinajstić information content (AvgIpc) is 2.63. The van der Waals surface area contributed by atoms with Crippen LogP contribution in [0.3, 0.4) is 0 Å². The molecule has 0 aliphatic heterocycles. The summed E-state index contributed by atoms with van der Waals surface area (Å²) >= 11 is 0. The van der Waals surface area contributed by atoms with Gasteiger partial charge in [0.05, 0.1) is 0 Å². The molecule has 2 heteroatoms. The Morgan fingerprint density at radius 2 is 1.04 bits per heavy atom. The molecule has 0 aliphatic carbocycles. The monoisotopic (exact) mass is 338 g/mol. The molecule has 25 heavy (non-hydrogen) atoms. The van der Waals surface area contributed by atoms with E-state index in [-0.39, 0.29) is 5.66 Å². The number of hydrogen-bond donors (Lipinski definition) is 2. The van der Waals surface area contributed by atoms with Crippen molar-refractivity contribution in [2.24, 2.45) is 0 Å². The molecule has 2 rings (SSSR count). The lowest BCUT2D eigenvalue weighted by molar-refractivity contribution is 0.248. The largest absolute Gasteiger partial charge is 0.289 e. The van der Waals surface area contributed by atoms with Crippen LogP contribution in [-0.2, 0) is 5.66 Å². The fourth-order valence-corrected chi connectivity index (χ4v) is 3.67. The summed E-state index contributed by atoms with van der Waals surface area (Å²) in [7, 11) is 0. The lowest BCUT2D eigenvalue weighted by Gasteiger charge is -2.41. The molecule has 0 spiro atoms. The van der Waals surface area contributed by atoms with E-state index in [1.54, 1.807) is 0 Å². The number of benzene rings is 2. The van der Waals surface area contributed by atoms with Crippen LogP contribution in [0.15, 0.2) is 60.7 Å². The molecule has 0 amide bonds. The van der Waals surface area contributed by atoms with E-state index in [0.29, 0.717) is 12.1 Å². The maximum atomic E-state index is 3.94. The zero-order chi connectivity index (χ0) is 18.1. The Labute approximate surface area is 154 Å². The third-order valence-corrected chi connectivity index (χ3v) is 4.78. The quantitative estimate of drug-likeness (QED) is 0.563. The summed E-state index contributed by atoms with van der Waals surface area (Å²) in [6.07, 6.45) is 4.67. The van der Waals surface area contributed by atoms with Gasteiger partial charge in [-0.2, -0.15) is 0 Å². The summed E-state index contributed by atoms with van der Waals surface area (Å²) in [5, 5.41) is 7.88. The van der Waals surface area contributed by atoms with Crippen LogP contribution in [0, 0.1) is 0 Å². The van der Waals surface area contributed by atoms with Crippen LogP contribution >= 0.6 is 0 Å². The first-order chi connectivity index (χ1) is 12.1. The molecule has 136 valence electrons. The topological polar surface area (TPSA) is 24.1 Å². The maximum Gasteiger partial charge on any atom is 0.122 e. The van der Waals surface area contributed by atoms with Crippen molar-refractivity contribution >= 4 is 0 Å². The van der Waals surface area contributed by atoms with Gasteiger partial charge in [-0.25, -0.2) is 0 Å². The van der Waals surface area contributed by atoms with Crippen molar-refractivity contribution in [3.8, 4) is 0 Å². The van der Waals surface area contributed by atoms with Crippen LogP contribution in [-0.4, -0.2) is 12.1 Å². The van der Waals surface area contributed by atoms with E-state index in [2.05, 4.69) is 99.0 Å². The summed E-state index contributed by atoms with van der Waals surface area (Å²) in [5.41, 5.74) is 2.17. The van der Waals surface area contributed by atoms with Crippen molar-refractivity contribution in [2.45, 2.75) is 71.1 Å². The normalized spacial score (nSPS) is 14.2. The van der Waals surface area contributed by atoms with E-state index in [1.165, 1.54) is 24.0 Å². The van der Waals surface area contributed by atoms with Crippen LogP contribution < -0.4 is 10.6 Å². The van der Waals surface area contributed by atoms with Gasteiger partial charge in [0.15, 0.2) is 0 Å². The lowest BCUT2D eigenvalue weighted by Crippen LogP contribution is -2.60. The SMILES string of the molecule is CCCC(C)NC(NC(C)CCC)(c1ccccc1)c1ccccc1. The molecule has 2 atom stereocenters. The smallest absolute Gasteiger partial charge is 0.122 e. The van der Waals surface area contributed by atoms with Crippen molar-refractivity contribution in [1.29, 1.82) is 0 Å². The second-order valence-corrected chi connectivity index (χ2v) is 7.15. The molecule has 0 bridgehead atoms. The molecular formula is C23H34N2. The Kier molecular flexibility index (Phi) is 7.67. The van der Waals surface area contributed by atoms with E-state index in [4.69, 9.17) is 0 Å². The van der Waals surface area contributed by atoms with E-state index < -0.39 is 0 Å². The molecule has 0 saturated carbocycles. The summed E-state index contributed by atoms with van der Waals surface area (Å²) in [4.78, 5) is 0. The minimum absolute atomic E-state index is 0.369. The van der Waals surface area contributed by atoms with Crippen molar-refractivity contribution in [3.63, 3.8) is 0 Å². The first-order valence-electron chi connectivity index (χ1n) is 9.78. The molecule has 0 fully saturated rings. The molecule has 2 aromatic carbocycles. The average molecular weight is 339 g/mol. The maximum absolute atomic E-state index is 3.94. The minimum atomic E-state index is -0.369. The Balaban J connectivity index is 2.51. The van der Waals surface area contributed by atoms with Crippen LogP contribution in [0.2, 0.25) is 0 Å². The van der Waals surface area contributed by atoms with Crippen LogP contribution in [0.4, 0.5) is 0 Å². The third-order valence-electron chi connectivity index (χ3n) is 4.78. The second kappa shape index (κ2) is 9.74. The highest BCUT2D eigenvalue weighted by Crippen LogP contribution is 2.29. The summed E-state index contributed by atoms with van der Waals surface area (Å²) in [6, 6.07) is 22.4. The lowest BCUT2D eigenvalue weighted by atomic mass is 9.88. The minimum Gasteiger partial charge on any atom is -0.289 e. The second-order valence-electron chi connectivity index (χ2n) is 7.15. The highest BCUT2D eigenvalue weighted by Gasteiger charge is 2.36. The number of nitrogens with one attached hydrogen (secondary N) is 2. The van der Waals surface area contributed by atoms with E-state index in [1.807, 2.05) is 0 Å². The highest BCUT2D eigenvalue weighted by atomic mass is 15.2. The van der Waals surface area contributed by atoms with Crippen molar-refractivity contribution in [3.05, 3.63) is 71.8 Å². The van der Waals surface area contributed by atoms with Crippen LogP contribution in [0.1, 0.15) is 64.5 Å². The Bertz CT molecular complexity index is 539. The van der Waals surface area contributed by atoms with Crippen molar-refractivity contribution in [1.82, 2.24) is 10.6 Å². The van der Waals surface area contributed by atoms with Gasteiger partial charge in [-0.05, 0) is 37.8 Å². The Hall–Kier alpha value is -1.64. The standard InChI is InChI=1S/C23H34N2/c1-5-13-19(3)24-23(25-20(4)14-6-2,21-15-9-7-10-16-21)22-17-11-8-12-18-22/h7-12,15-20,24-25H,5-6,13-14H2,1-4H3. The zero-order valence-electron chi connectivity index (χ0n) is 16.3. The van der Waals surface area contributed by atoms with Crippen LogP contribution in [0.25, 0.3) is 0 Å². The molecule has 2 aromatic rings. The molecule has 0 saturated heterocycles. The Morgan fingerprint density at radius 1 is 0.680 bits per heavy atom. The fourth-order valence-electron chi connectivity index (χ4n) is 3.67. The van der Waals surface area contributed by atoms with Crippen molar-refractivity contribution < 1.29 is 0 Å². The fraction of sp³-hybridized carbons (Fsp3) is 0.478. The summed E-state index contributed by atoms with van der Waals surface area (Å²) < 4.78 is 0. The molecule has 2 unspecified atom stereocenters. The molecule has 0 radical (unpaired) electrons.